The van der Waals surface area contributed by atoms with Crippen LogP contribution in [0.1, 0.15) is 30.4 Å². The largest absolute Gasteiger partial charge is 0.474 e. The topological polar surface area (TPSA) is 46.6 Å². The van der Waals surface area contributed by atoms with Crippen LogP contribution in [0.4, 0.5) is 10.1 Å². The molecule has 3 aliphatic rings. The Hall–Kier alpha value is -3.21. The van der Waals surface area contributed by atoms with Crippen LogP contribution < -0.4 is 4.90 Å². The van der Waals surface area contributed by atoms with E-state index in [1.54, 1.807) is 25.1 Å². The van der Waals surface area contributed by atoms with E-state index in [9.17, 15) is 14.0 Å². The van der Waals surface area contributed by atoms with Crippen LogP contribution in [0.3, 0.4) is 0 Å². The van der Waals surface area contributed by atoms with Crippen molar-refractivity contribution in [2.24, 2.45) is 5.92 Å². The van der Waals surface area contributed by atoms with E-state index < -0.39 is 12.0 Å². The Bertz CT molecular complexity index is 1090. The summed E-state index contributed by atoms with van der Waals surface area (Å²) in [7, 11) is 0. The lowest BCUT2D eigenvalue weighted by Gasteiger charge is -2.24. The molecule has 0 N–H and O–H groups in total. The first-order valence-electron chi connectivity index (χ1n) is 9.77. The van der Waals surface area contributed by atoms with Gasteiger partial charge in [-0.05, 0) is 54.7 Å². The van der Waals surface area contributed by atoms with Crippen LogP contribution in [0.5, 0.6) is 0 Å². The fourth-order valence-electron chi connectivity index (χ4n) is 4.73. The van der Waals surface area contributed by atoms with Crippen molar-refractivity contribution in [3.8, 4) is 0 Å². The highest BCUT2D eigenvalue weighted by molar-refractivity contribution is 6.08. The summed E-state index contributed by atoms with van der Waals surface area (Å²) >= 11 is 0. The first-order valence-corrected chi connectivity index (χ1v) is 9.77. The standard InChI is InChI=1S/C24H20FNO3/c1-14-9-23(26(24(14)28)17-7-4-6-16(25)11-17)29-13-21-19-10-15-5-2-3-8-18(15)20(19)12-22(21)27/h2-9,11,13,19-20,23H,10,12H2,1H3/b21-13+. The molecule has 146 valence electrons. The highest BCUT2D eigenvalue weighted by Crippen LogP contribution is 2.49. The van der Waals surface area contributed by atoms with Crippen molar-refractivity contribution >= 4 is 17.4 Å². The number of benzene rings is 2. The van der Waals surface area contributed by atoms with Gasteiger partial charge in [0.15, 0.2) is 12.0 Å². The number of amides is 1. The van der Waals surface area contributed by atoms with Gasteiger partial charge < -0.3 is 4.74 Å². The minimum atomic E-state index is -0.701. The molecule has 3 unspecified atom stereocenters. The summed E-state index contributed by atoms with van der Waals surface area (Å²) in [6.45, 7) is 1.70. The first-order chi connectivity index (χ1) is 14.0. The molecule has 0 spiro atoms. The summed E-state index contributed by atoms with van der Waals surface area (Å²) in [4.78, 5) is 26.6. The smallest absolute Gasteiger partial charge is 0.257 e. The van der Waals surface area contributed by atoms with Crippen LogP contribution in [0.25, 0.3) is 0 Å². The van der Waals surface area contributed by atoms with Gasteiger partial charge in [0.25, 0.3) is 5.91 Å². The Labute approximate surface area is 168 Å². The van der Waals surface area contributed by atoms with E-state index in [0.717, 1.165) is 6.42 Å². The summed E-state index contributed by atoms with van der Waals surface area (Å²) < 4.78 is 19.6. The summed E-state index contributed by atoms with van der Waals surface area (Å²) in [5, 5.41) is 0. The number of carbonyl (C=O) groups is 2. The number of nitrogens with zero attached hydrogens (tertiary/aromatic N) is 1. The first kappa shape index (κ1) is 17.9. The van der Waals surface area contributed by atoms with Gasteiger partial charge in [-0.25, -0.2) is 4.39 Å². The van der Waals surface area contributed by atoms with Gasteiger partial charge in [-0.3, -0.25) is 14.5 Å². The number of anilines is 1. The van der Waals surface area contributed by atoms with E-state index >= 15 is 0 Å². The van der Waals surface area contributed by atoms with Crippen LogP contribution in [-0.2, 0) is 20.7 Å². The predicted octanol–water partition coefficient (Wildman–Crippen LogP) is 4.27. The second-order valence-corrected chi connectivity index (χ2v) is 7.85. The number of fused-ring (bicyclic) bond motifs is 3. The van der Waals surface area contributed by atoms with Gasteiger partial charge in [0, 0.05) is 23.5 Å². The third kappa shape index (κ3) is 2.89. The third-order valence-electron chi connectivity index (χ3n) is 6.13. The zero-order valence-electron chi connectivity index (χ0n) is 16.0. The van der Waals surface area contributed by atoms with E-state index in [-0.39, 0.29) is 23.5 Å². The normalized spacial score (nSPS) is 26.7. The molecular formula is C24H20FNO3. The monoisotopic (exact) mass is 389 g/mol. The molecule has 0 saturated heterocycles. The quantitative estimate of drug-likeness (QED) is 0.582. The molecule has 2 aromatic rings. The molecule has 2 aromatic carbocycles. The van der Waals surface area contributed by atoms with Gasteiger partial charge in [-0.15, -0.1) is 0 Å². The molecule has 1 aliphatic heterocycles. The van der Waals surface area contributed by atoms with Gasteiger partial charge in [-0.1, -0.05) is 30.3 Å². The lowest BCUT2D eigenvalue weighted by Crippen LogP contribution is -2.35. The van der Waals surface area contributed by atoms with Gasteiger partial charge in [0.2, 0.25) is 0 Å². The van der Waals surface area contributed by atoms with Gasteiger partial charge in [0.05, 0.1) is 11.9 Å². The molecule has 0 radical (unpaired) electrons. The van der Waals surface area contributed by atoms with Gasteiger partial charge in [0.1, 0.15) is 5.82 Å². The van der Waals surface area contributed by atoms with Gasteiger partial charge in [-0.2, -0.15) is 0 Å². The molecule has 0 aromatic heterocycles. The molecular weight excluding hydrogens is 369 g/mol. The maximum atomic E-state index is 13.7. The number of ketones is 1. The Morgan fingerprint density at radius 2 is 1.90 bits per heavy atom. The molecule has 29 heavy (non-hydrogen) atoms. The van der Waals surface area contributed by atoms with Crippen LogP contribution in [-0.4, -0.2) is 17.9 Å². The van der Waals surface area contributed by atoms with Gasteiger partial charge >= 0.3 is 0 Å². The molecule has 2 aliphatic carbocycles. The number of Topliss-reactive ketones (excluding diaryl/α,β-unsaturated/α-hetero) is 1. The molecule has 5 rings (SSSR count). The van der Waals surface area contributed by atoms with E-state index in [4.69, 9.17) is 4.74 Å². The summed E-state index contributed by atoms with van der Waals surface area (Å²) in [6.07, 6.45) is 3.84. The number of hydrogen-bond donors (Lipinski definition) is 0. The fraction of sp³-hybridized carbons (Fsp3) is 0.250. The molecule has 5 heteroatoms. The molecule has 1 fully saturated rings. The van der Waals surface area contributed by atoms with Crippen LogP contribution >= 0.6 is 0 Å². The maximum absolute atomic E-state index is 13.7. The average Bonchev–Trinajstić information content (AvgIpc) is 3.30. The number of allylic oxidation sites excluding steroid dienone is 1. The zero-order chi connectivity index (χ0) is 20.1. The highest BCUT2D eigenvalue weighted by atomic mass is 19.1. The number of rotatable bonds is 3. The second kappa shape index (κ2) is 6.69. The Morgan fingerprint density at radius 1 is 1.07 bits per heavy atom. The lowest BCUT2D eigenvalue weighted by atomic mass is 9.95. The SMILES string of the molecule is CC1=CC(O/C=C2/C(=O)CC3c4ccccc4CC23)N(c2cccc(F)c2)C1=O. The number of hydrogen-bond acceptors (Lipinski definition) is 3. The number of halogens is 1. The summed E-state index contributed by atoms with van der Waals surface area (Å²) in [6, 6.07) is 14.1. The minimum Gasteiger partial charge on any atom is -0.474 e. The molecule has 1 saturated carbocycles. The maximum Gasteiger partial charge on any atom is 0.257 e. The molecule has 3 atom stereocenters. The van der Waals surface area contributed by atoms with E-state index in [1.165, 1.54) is 34.4 Å². The molecule has 1 heterocycles. The fourth-order valence-corrected chi connectivity index (χ4v) is 4.73. The van der Waals surface area contributed by atoms with Crippen molar-refractivity contribution in [2.45, 2.75) is 31.9 Å². The van der Waals surface area contributed by atoms with Crippen molar-refractivity contribution in [1.82, 2.24) is 0 Å². The summed E-state index contributed by atoms with van der Waals surface area (Å²) in [5.74, 6) is -0.241. The van der Waals surface area contributed by atoms with Crippen molar-refractivity contribution in [3.05, 3.63) is 89.0 Å². The zero-order valence-corrected chi connectivity index (χ0v) is 16.0. The number of carbonyl (C=O) groups excluding carboxylic acids is 2. The van der Waals surface area contributed by atoms with E-state index in [0.29, 0.717) is 23.3 Å². The second-order valence-electron chi connectivity index (χ2n) is 7.85. The van der Waals surface area contributed by atoms with Crippen LogP contribution in [0.2, 0.25) is 0 Å². The van der Waals surface area contributed by atoms with Crippen molar-refractivity contribution in [3.63, 3.8) is 0 Å². The Kier molecular flexibility index (Phi) is 4.12. The third-order valence-corrected chi connectivity index (χ3v) is 6.13. The van der Waals surface area contributed by atoms with E-state index in [2.05, 4.69) is 12.1 Å². The Morgan fingerprint density at radius 3 is 2.72 bits per heavy atom. The lowest BCUT2D eigenvalue weighted by molar-refractivity contribution is -0.115. The van der Waals surface area contributed by atoms with Crippen LogP contribution in [0.15, 0.2) is 72.0 Å². The highest BCUT2D eigenvalue weighted by Gasteiger charge is 2.44. The molecule has 0 bridgehead atoms. The Balaban J connectivity index is 1.42. The molecule has 1 amide bonds. The van der Waals surface area contributed by atoms with Crippen LogP contribution in [0, 0.1) is 11.7 Å². The molecule has 4 nitrogen and oxygen atoms in total. The predicted molar refractivity (Wildman–Crippen MR) is 107 cm³/mol. The van der Waals surface area contributed by atoms with Crippen molar-refractivity contribution in [2.75, 3.05) is 4.90 Å². The van der Waals surface area contributed by atoms with Crippen molar-refractivity contribution < 1.29 is 18.7 Å². The summed E-state index contributed by atoms with van der Waals surface area (Å²) in [5.41, 5.74) is 4.17. The average molecular weight is 389 g/mol. The van der Waals surface area contributed by atoms with E-state index in [1.807, 2.05) is 12.1 Å². The number of ether oxygens (including phenoxy) is 1. The van der Waals surface area contributed by atoms with Crippen molar-refractivity contribution in [1.29, 1.82) is 0 Å². The minimum absolute atomic E-state index is 0.0943.